The van der Waals surface area contributed by atoms with Crippen LogP contribution >= 0.6 is 0 Å². The van der Waals surface area contributed by atoms with Gasteiger partial charge in [0.2, 0.25) is 10.0 Å². The fourth-order valence-electron chi connectivity index (χ4n) is 2.03. The fourth-order valence-corrected chi connectivity index (χ4v) is 2.49. The molecule has 0 unspecified atom stereocenters. The Hall–Kier alpha value is -1.07. The van der Waals surface area contributed by atoms with Gasteiger partial charge in [-0.15, -0.1) is 0 Å². The van der Waals surface area contributed by atoms with Gasteiger partial charge < -0.3 is 4.74 Å². The first-order chi connectivity index (χ1) is 8.04. The Morgan fingerprint density at radius 1 is 1.29 bits per heavy atom. The summed E-state index contributed by atoms with van der Waals surface area (Å²) in [6.45, 7) is 0.655. The Labute approximate surface area is 102 Å². The van der Waals surface area contributed by atoms with Gasteiger partial charge in [0.1, 0.15) is 12.4 Å². The van der Waals surface area contributed by atoms with E-state index in [1.54, 1.807) is 0 Å². The number of aryl methyl sites for hydroxylation is 2. The third-order valence-electron chi connectivity index (χ3n) is 2.81. The minimum absolute atomic E-state index is 0.302. The molecule has 0 saturated carbocycles. The molecule has 94 valence electrons. The number of nitrogens with one attached hydrogen (secondary N) is 1. The zero-order valence-corrected chi connectivity index (χ0v) is 10.7. The van der Waals surface area contributed by atoms with Crippen molar-refractivity contribution in [2.24, 2.45) is 0 Å². The summed E-state index contributed by atoms with van der Waals surface area (Å²) in [7, 11) is -3.12. The lowest BCUT2D eigenvalue weighted by Gasteiger charge is -2.08. The first kappa shape index (κ1) is 12.4. The van der Waals surface area contributed by atoms with Crippen LogP contribution in [0.2, 0.25) is 0 Å². The van der Waals surface area contributed by atoms with Crippen molar-refractivity contribution < 1.29 is 13.2 Å². The maximum Gasteiger partial charge on any atom is 0.208 e. The molecule has 1 aromatic carbocycles. The number of sulfonamides is 1. The van der Waals surface area contributed by atoms with E-state index in [1.807, 2.05) is 6.07 Å². The van der Waals surface area contributed by atoms with Gasteiger partial charge in [-0.05, 0) is 42.5 Å². The maximum absolute atomic E-state index is 10.8. The molecule has 17 heavy (non-hydrogen) atoms. The van der Waals surface area contributed by atoms with Crippen molar-refractivity contribution in [3.05, 3.63) is 29.3 Å². The Balaban J connectivity index is 1.84. The number of benzene rings is 1. The summed E-state index contributed by atoms with van der Waals surface area (Å²) in [6.07, 6.45) is 4.64. The average Bonchev–Trinajstić information content (AvgIpc) is 2.70. The van der Waals surface area contributed by atoms with Crippen molar-refractivity contribution in [2.75, 3.05) is 19.4 Å². The van der Waals surface area contributed by atoms with Crippen LogP contribution in [-0.2, 0) is 22.9 Å². The Bertz CT molecular complexity index is 496. The van der Waals surface area contributed by atoms with Crippen LogP contribution in [0.1, 0.15) is 17.5 Å². The highest BCUT2D eigenvalue weighted by Gasteiger charge is 2.11. The number of hydrogen-bond donors (Lipinski definition) is 1. The molecule has 0 spiro atoms. The summed E-state index contributed by atoms with van der Waals surface area (Å²) in [6, 6.07) is 6.11. The lowest BCUT2D eigenvalue weighted by Crippen LogP contribution is -2.26. The summed E-state index contributed by atoms with van der Waals surface area (Å²) in [4.78, 5) is 0. The van der Waals surface area contributed by atoms with Gasteiger partial charge in [-0.2, -0.15) is 0 Å². The molecule has 0 heterocycles. The SMILES string of the molecule is CS(=O)(=O)NCCOc1ccc2c(c1)CCC2. The van der Waals surface area contributed by atoms with Crippen LogP contribution in [0, 0.1) is 0 Å². The zero-order chi connectivity index (χ0) is 12.3. The van der Waals surface area contributed by atoms with E-state index in [0.717, 1.165) is 24.8 Å². The normalized spacial score (nSPS) is 14.6. The van der Waals surface area contributed by atoms with E-state index in [1.165, 1.54) is 17.5 Å². The van der Waals surface area contributed by atoms with Crippen molar-refractivity contribution in [2.45, 2.75) is 19.3 Å². The summed E-state index contributed by atoms with van der Waals surface area (Å²) in [5.41, 5.74) is 2.77. The fraction of sp³-hybridized carbons (Fsp3) is 0.500. The first-order valence-electron chi connectivity index (χ1n) is 5.74. The van der Waals surface area contributed by atoms with E-state index in [-0.39, 0.29) is 0 Å². The minimum atomic E-state index is -3.12. The standard InChI is InChI=1S/C12H17NO3S/c1-17(14,15)13-7-8-16-12-6-5-10-3-2-4-11(10)9-12/h5-6,9,13H,2-4,7-8H2,1H3. The molecule has 1 aliphatic carbocycles. The van der Waals surface area contributed by atoms with Crippen molar-refractivity contribution in [1.29, 1.82) is 0 Å². The molecule has 0 bridgehead atoms. The molecule has 1 aliphatic rings. The summed E-state index contributed by atoms with van der Waals surface area (Å²) in [5.74, 6) is 0.820. The molecule has 0 fully saturated rings. The van der Waals surface area contributed by atoms with Crippen molar-refractivity contribution in [3.63, 3.8) is 0 Å². The number of ether oxygens (including phenoxy) is 1. The van der Waals surface area contributed by atoms with Crippen LogP contribution in [0.5, 0.6) is 5.75 Å². The molecule has 2 rings (SSSR count). The van der Waals surface area contributed by atoms with Crippen LogP contribution < -0.4 is 9.46 Å². The molecule has 0 amide bonds. The highest BCUT2D eigenvalue weighted by Crippen LogP contribution is 2.25. The largest absolute Gasteiger partial charge is 0.492 e. The summed E-state index contributed by atoms with van der Waals surface area (Å²) < 4.78 is 29.5. The third-order valence-corrected chi connectivity index (χ3v) is 3.53. The van der Waals surface area contributed by atoms with Crippen LogP contribution in [0.15, 0.2) is 18.2 Å². The molecule has 4 nitrogen and oxygen atoms in total. The van der Waals surface area contributed by atoms with Gasteiger partial charge in [0.15, 0.2) is 0 Å². The minimum Gasteiger partial charge on any atom is -0.492 e. The van der Waals surface area contributed by atoms with Gasteiger partial charge in [-0.25, -0.2) is 13.1 Å². The van der Waals surface area contributed by atoms with Crippen LogP contribution in [0.25, 0.3) is 0 Å². The molecule has 0 atom stereocenters. The van der Waals surface area contributed by atoms with E-state index in [9.17, 15) is 8.42 Å². The lowest BCUT2D eigenvalue weighted by molar-refractivity contribution is 0.322. The van der Waals surface area contributed by atoms with Gasteiger partial charge in [-0.1, -0.05) is 6.07 Å². The highest BCUT2D eigenvalue weighted by atomic mass is 32.2. The number of hydrogen-bond acceptors (Lipinski definition) is 3. The maximum atomic E-state index is 10.8. The van der Waals surface area contributed by atoms with Crippen LogP contribution in [0.4, 0.5) is 0 Å². The second-order valence-electron chi connectivity index (χ2n) is 4.30. The van der Waals surface area contributed by atoms with E-state index >= 15 is 0 Å². The van der Waals surface area contributed by atoms with Gasteiger partial charge in [-0.3, -0.25) is 0 Å². The number of fused-ring (bicyclic) bond motifs is 1. The van der Waals surface area contributed by atoms with Crippen LogP contribution in [-0.4, -0.2) is 27.8 Å². The molecule has 5 heteroatoms. The van der Waals surface area contributed by atoms with Crippen molar-refractivity contribution >= 4 is 10.0 Å². The van der Waals surface area contributed by atoms with E-state index in [2.05, 4.69) is 16.9 Å². The quantitative estimate of drug-likeness (QED) is 0.802. The molecule has 0 aromatic heterocycles. The second-order valence-corrected chi connectivity index (χ2v) is 6.13. The van der Waals surface area contributed by atoms with E-state index in [0.29, 0.717) is 13.2 Å². The van der Waals surface area contributed by atoms with Crippen LogP contribution in [0.3, 0.4) is 0 Å². The molecule has 0 radical (unpaired) electrons. The Morgan fingerprint density at radius 2 is 2.06 bits per heavy atom. The topological polar surface area (TPSA) is 55.4 Å². The van der Waals surface area contributed by atoms with Crippen molar-refractivity contribution in [3.8, 4) is 5.75 Å². The van der Waals surface area contributed by atoms with Gasteiger partial charge in [0, 0.05) is 6.54 Å². The predicted molar refractivity (Wildman–Crippen MR) is 66.8 cm³/mol. The third kappa shape index (κ3) is 3.71. The van der Waals surface area contributed by atoms with Crippen molar-refractivity contribution in [1.82, 2.24) is 4.72 Å². The Morgan fingerprint density at radius 3 is 2.82 bits per heavy atom. The molecule has 1 N–H and O–H groups in total. The second kappa shape index (κ2) is 5.06. The zero-order valence-electron chi connectivity index (χ0n) is 9.90. The summed E-state index contributed by atoms with van der Waals surface area (Å²) in [5, 5.41) is 0. The Kier molecular flexibility index (Phi) is 3.69. The molecular weight excluding hydrogens is 238 g/mol. The summed E-state index contributed by atoms with van der Waals surface area (Å²) >= 11 is 0. The lowest BCUT2D eigenvalue weighted by atomic mass is 10.1. The first-order valence-corrected chi connectivity index (χ1v) is 7.63. The average molecular weight is 255 g/mol. The smallest absolute Gasteiger partial charge is 0.208 e. The molecular formula is C12H17NO3S. The van der Waals surface area contributed by atoms with Gasteiger partial charge >= 0.3 is 0 Å². The molecule has 0 saturated heterocycles. The van der Waals surface area contributed by atoms with Gasteiger partial charge in [0.05, 0.1) is 6.26 Å². The predicted octanol–water partition coefficient (Wildman–Crippen LogP) is 1.10. The highest BCUT2D eigenvalue weighted by molar-refractivity contribution is 7.88. The molecule has 0 aliphatic heterocycles. The monoisotopic (exact) mass is 255 g/mol. The molecule has 1 aromatic rings. The van der Waals surface area contributed by atoms with E-state index < -0.39 is 10.0 Å². The van der Waals surface area contributed by atoms with Gasteiger partial charge in [0.25, 0.3) is 0 Å². The number of rotatable bonds is 5. The van der Waals surface area contributed by atoms with E-state index in [4.69, 9.17) is 4.74 Å².